The fourth-order valence-corrected chi connectivity index (χ4v) is 14.4. The molecular formula is C68H88FN7O16. The predicted molar refractivity (Wildman–Crippen MR) is 343 cm³/mol. The number of aliphatic hydroxyl groups excluding tert-OH is 2. The van der Waals surface area contributed by atoms with Gasteiger partial charge in [0.05, 0.1) is 71.0 Å². The Labute approximate surface area is 534 Å². The van der Waals surface area contributed by atoms with E-state index in [9.17, 15) is 54.6 Å². The second-order valence-corrected chi connectivity index (χ2v) is 26.1. The lowest BCUT2D eigenvalue weighted by atomic mass is 9.78. The van der Waals surface area contributed by atoms with Gasteiger partial charge in [0.1, 0.15) is 34.6 Å². The second-order valence-electron chi connectivity index (χ2n) is 26.1. The number of rotatable bonds is 9. The summed E-state index contributed by atoms with van der Waals surface area (Å²) in [5.74, 6) is -9.35. The van der Waals surface area contributed by atoms with Crippen molar-refractivity contribution in [2.45, 2.75) is 155 Å². The molecule has 498 valence electrons. The van der Waals surface area contributed by atoms with Gasteiger partial charge in [-0.05, 0) is 77.0 Å². The van der Waals surface area contributed by atoms with Crippen molar-refractivity contribution < 1.29 is 77.9 Å². The van der Waals surface area contributed by atoms with E-state index >= 15 is 4.39 Å². The Kier molecular flexibility index (Phi) is 20.0. The zero-order valence-corrected chi connectivity index (χ0v) is 54.0. The van der Waals surface area contributed by atoms with E-state index in [1.807, 2.05) is 9.91 Å². The Hall–Kier alpha value is -7.77. The van der Waals surface area contributed by atoms with Crippen LogP contribution in [0.15, 0.2) is 58.3 Å². The van der Waals surface area contributed by atoms with Crippen LogP contribution < -0.4 is 30.4 Å². The van der Waals surface area contributed by atoms with Gasteiger partial charge in [0.15, 0.2) is 17.3 Å². The van der Waals surface area contributed by atoms with Crippen molar-refractivity contribution in [3.8, 4) is 28.7 Å². The minimum Gasteiger partial charge on any atom is -0.507 e. The molecule has 92 heavy (non-hydrogen) atoms. The minimum atomic E-state index is -2.04. The summed E-state index contributed by atoms with van der Waals surface area (Å²) < 4.78 is 46.5. The van der Waals surface area contributed by atoms with Gasteiger partial charge in [-0.25, -0.2) is 9.18 Å². The number of piperazine rings is 1. The highest BCUT2D eigenvalue weighted by Crippen LogP contribution is 2.55. The van der Waals surface area contributed by atoms with Crippen LogP contribution in [0.2, 0.25) is 0 Å². The molecule has 2 aliphatic carbocycles. The molecule has 11 atom stereocenters. The normalized spacial score (nSPS) is 29.7. The molecule has 24 heteroatoms. The Bertz CT molecular complexity index is 3690. The van der Waals surface area contributed by atoms with Crippen molar-refractivity contribution >= 4 is 62.9 Å². The zero-order chi connectivity index (χ0) is 66.4. The highest BCUT2D eigenvalue weighted by atomic mass is 19.1. The maximum atomic E-state index is 15.3. The molecule has 5 fully saturated rings. The first kappa shape index (κ1) is 67.1. The number of benzene rings is 3. The summed E-state index contributed by atoms with van der Waals surface area (Å²) in [7, 11) is 2.92. The number of aliphatic hydroxyl groups is 2. The van der Waals surface area contributed by atoms with Crippen LogP contribution in [0.25, 0.3) is 21.7 Å². The lowest BCUT2D eigenvalue weighted by molar-refractivity contribution is -0.160. The van der Waals surface area contributed by atoms with Gasteiger partial charge >= 0.3 is 17.7 Å². The fourth-order valence-electron chi connectivity index (χ4n) is 14.4. The smallest absolute Gasteiger partial charge is 0.341 e. The standard InChI is InChI=1S/C47H64N4O12.C21H24FN3O4/c1-24-13-12-14-25(2)46(59)49-37-32(23-48-51-20-18-50(19-21-51)31-15-10-11-16-31)41(56)34-35(42(37)57)40(55)29(6)44-36(34)45(58)47(8,63-44)61-22-17-33(60-9)26(3)43(62-30(7)52)28(5)39(54)27(4)38(24)53;1-29-20-17-13(19(26)14(21(27)28)9-25(17)12-4-5-12)7-15(22)18(20)24-8-11-3-2-6-23-16(11)10-24/h12-14,17,22-24,26-28,31,33,38-39,43,53-57H,10-11,15-16,18-21H2,1-9H3,(H,49,59);7,9,11-12,16,23H,2-6,8,10H2,1H3,(H,27,28)/b13-12+,22-17+,25-14-,48-23-;/t24-,26+,27+,28+,33-,38-,39+,43+,47-;11-,16+/m00/s1. The summed E-state index contributed by atoms with van der Waals surface area (Å²) in [6, 6.07) is 2.17. The quantitative estimate of drug-likeness (QED) is 0.0340. The Balaban J connectivity index is 0.000000263. The van der Waals surface area contributed by atoms with Gasteiger partial charge in [0.2, 0.25) is 5.43 Å². The number of carbonyl (C=O) groups excluding carboxylic acids is 3. The Morgan fingerprint density at radius 1 is 0.859 bits per heavy atom. The highest BCUT2D eigenvalue weighted by Gasteiger charge is 2.50. The van der Waals surface area contributed by atoms with Crippen LogP contribution in [-0.4, -0.2) is 177 Å². The van der Waals surface area contributed by atoms with E-state index in [0.717, 1.165) is 51.9 Å². The van der Waals surface area contributed by atoms with Gasteiger partial charge < -0.3 is 74.4 Å². The van der Waals surface area contributed by atoms with Gasteiger partial charge in [0.25, 0.3) is 11.7 Å². The number of methoxy groups -OCH3 is 2. The van der Waals surface area contributed by atoms with Crippen LogP contribution in [-0.2, 0) is 23.8 Å². The van der Waals surface area contributed by atoms with E-state index in [2.05, 4.69) is 20.6 Å². The molecule has 1 amide bonds. The third kappa shape index (κ3) is 13.0. The number of hydrogen-bond acceptors (Lipinski definition) is 20. The first-order valence-corrected chi connectivity index (χ1v) is 32.1. The molecule has 2 saturated carbocycles. The van der Waals surface area contributed by atoms with Crippen molar-refractivity contribution in [3.05, 3.63) is 86.7 Å². The number of aromatic hydroxyl groups is 3. The molecule has 4 aromatic rings. The number of ether oxygens (including phenoxy) is 5. The molecule has 12 rings (SSSR count). The molecule has 7 heterocycles. The Morgan fingerprint density at radius 3 is 2.21 bits per heavy atom. The summed E-state index contributed by atoms with van der Waals surface area (Å²) in [5, 5.41) is 80.6. The fraction of sp³-hybridized carbons (Fsp3) is 0.559. The third-order valence-electron chi connectivity index (χ3n) is 20.0. The van der Waals surface area contributed by atoms with Crippen molar-refractivity contribution in [2.24, 2.45) is 34.7 Å². The Morgan fingerprint density at radius 2 is 1.57 bits per heavy atom. The number of esters is 1. The summed E-state index contributed by atoms with van der Waals surface area (Å²) >= 11 is 0. The molecule has 3 aromatic carbocycles. The number of ketones is 1. The molecular weight excluding hydrogens is 1190 g/mol. The van der Waals surface area contributed by atoms with E-state index in [-0.39, 0.29) is 61.5 Å². The molecule has 6 aliphatic heterocycles. The number of Topliss-reactive ketones (excluding diaryl/α,β-unsaturated/α-hetero) is 1. The SMILES string of the molecule is CO[C@H]1/C=C/O[C@@]2(C)Oc3c(C)c(O)c4c(O)c(c(/C=N\N5CCN(C6CCCC6)CC5)c(O)c4c3C2=O)NC(=O)/C(C)=C\C=C\[C@H](C)[C@H](O)[C@@H](C)[C@@H](O)[C@@H](C)[C@H](OC(C)=O)[C@@H]1C.COc1c(N2C[C@@H]3CCCN[C@@H]3C2)c(F)cc2c(=O)c(C(=O)O)cn(C3CC3)c12. The van der Waals surface area contributed by atoms with E-state index in [1.165, 1.54) is 104 Å². The number of amides is 1. The monoisotopic (exact) mass is 1280 g/mol. The maximum Gasteiger partial charge on any atom is 0.341 e. The number of hydrazone groups is 1. The number of aromatic carboxylic acids is 1. The molecule has 0 spiro atoms. The van der Waals surface area contributed by atoms with Crippen LogP contribution >= 0.6 is 0 Å². The van der Waals surface area contributed by atoms with Gasteiger partial charge in [-0.15, -0.1) is 0 Å². The van der Waals surface area contributed by atoms with Crippen molar-refractivity contribution in [1.29, 1.82) is 0 Å². The number of phenols is 3. The molecule has 8 aliphatic rings. The third-order valence-corrected chi connectivity index (χ3v) is 20.0. The van der Waals surface area contributed by atoms with Gasteiger partial charge in [-0.3, -0.25) is 29.1 Å². The summed E-state index contributed by atoms with van der Waals surface area (Å²) in [6.07, 6.45) is 15.2. The number of anilines is 2. The predicted octanol–water partition coefficient (Wildman–Crippen LogP) is 8.02. The van der Waals surface area contributed by atoms with E-state index in [1.54, 1.807) is 44.4 Å². The average Bonchev–Trinajstić information content (AvgIpc) is 1.47. The molecule has 0 unspecified atom stereocenters. The van der Waals surface area contributed by atoms with Gasteiger partial charge in [0, 0.05) is 125 Å². The highest BCUT2D eigenvalue weighted by molar-refractivity contribution is 6.24. The lowest BCUT2D eigenvalue weighted by Crippen LogP contribution is -2.47. The van der Waals surface area contributed by atoms with Crippen molar-refractivity contribution in [1.82, 2.24) is 19.8 Å². The molecule has 0 radical (unpaired) electrons. The number of hydrogen-bond donors (Lipinski definition) is 8. The molecule has 1 aromatic heterocycles. The molecule has 3 saturated heterocycles. The maximum absolute atomic E-state index is 15.3. The number of nitrogens with zero attached hydrogens (tertiary/aromatic N) is 5. The van der Waals surface area contributed by atoms with Crippen LogP contribution in [0.4, 0.5) is 15.8 Å². The van der Waals surface area contributed by atoms with Crippen molar-refractivity contribution in [2.75, 3.05) is 70.2 Å². The summed E-state index contributed by atoms with van der Waals surface area (Å²) in [6.45, 7) is 17.8. The number of allylic oxidation sites excluding steroid dienone is 2. The van der Waals surface area contributed by atoms with Crippen LogP contribution in [0, 0.1) is 42.3 Å². The van der Waals surface area contributed by atoms with Crippen LogP contribution in [0.1, 0.15) is 138 Å². The number of carboxylic acids is 1. The molecule has 23 nitrogen and oxygen atoms in total. The number of carboxylic acid groups (broad SMARTS) is 1. The number of aromatic nitrogens is 1. The largest absolute Gasteiger partial charge is 0.507 e. The number of nitrogens with one attached hydrogen (secondary N) is 2. The van der Waals surface area contributed by atoms with E-state index in [0.29, 0.717) is 54.6 Å². The van der Waals surface area contributed by atoms with Crippen LogP contribution in [0.3, 0.4) is 0 Å². The van der Waals surface area contributed by atoms with Crippen LogP contribution in [0.5, 0.6) is 28.7 Å². The van der Waals surface area contributed by atoms with Crippen molar-refractivity contribution in [3.63, 3.8) is 0 Å². The van der Waals surface area contributed by atoms with E-state index in [4.69, 9.17) is 23.7 Å². The number of fused-ring (bicyclic) bond motifs is 16. The first-order chi connectivity index (χ1) is 43.8. The number of carbonyl (C=O) groups is 4. The zero-order valence-electron chi connectivity index (χ0n) is 54.0. The number of pyridine rings is 1. The van der Waals surface area contributed by atoms with Gasteiger partial charge in [-0.1, -0.05) is 58.8 Å². The lowest BCUT2D eigenvalue weighted by Gasteiger charge is -2.38. The number of piperidine rings is 1. The summed E-state index contributed by atoms with van der Waals surface area (Å²) in [5.41, 5.74) is -0.448. The van der Waals surface area contributed by atoms with Gasteiger partial charge in [-0.2, -0.15) is 5.10 Å². The molecule has 5 bridgehead atoms. The topological polar surface area (TPSA) is 304 Å². The average molecular weight is 1280 g/mol. The minimum absolute atomic E-state index is 0.0599. The number of phenolic OH excluding ortho intramolecular Hbond substituents is 3. The molecule has 8 N–H and O–H groups in total. The second kappa shape index (κ2) is 27.4. The number of halogens is 1. The van der Waals surface area contributed by atoms with E-state index < -0.39 is 106 Å². The summed E-state index contributed by atoms with van der Waals surface area (Å²) in [4.78, 5) is 69.6. The first-order valence-electron chi connectivity index (χ1n) is 32.1.